The molecule has 5 N–H and O–H groups in total. The molecule has 1 aromatic heterocycles. The zero-order valence-electron chi connectivity index (χ0n) is 30.1. The summed E-state index contributed by atoms with van der Waals surface area (Å²) in [6.45, 7) is 5.62. The second kappa shape index (κ2) is 17.2. The molecule has 2 aliphatic heterocycles. The number of rotatable bonds is 9. The molecule has 2 aromatic rings. The molecule has 1 saturated heterocycles. The minimum absolute atomic E-state index is 0. The average molecular weight is 751 g/mol. The number of aromatic nitrogens is 2. The van der Waals surface area contributed by atoms with Gasteiger partial charge in [0.2, 0.25) is 11.8 Å². The zero-order chi connectivity index (χ0) is 38.4. The summed E-state index contributed by atoms with van der Waals surface area (Å²) >= 11 is 0. The normalized spacial score (nSPS) is 26.0. The fourth-order valence-electron chi connectivity index (χ4n) is 6.56. The van der Waals surface area contributed by atoms with Crippen LogP contribution in [-0.2, 0) is 29.5 Å². The van der Waals surface area contributed by atoms with Gasteiger partial charge in [-0.25, -0.2) is 14.4 Å². The topological polar surface area (TPSA) is 230 Å². The van der Waals surface area contributed by atoms with Crippen molar-refractivity contribution in [2.45, 2.75) is 89.4 Å². The van der Waals surface area contributed by atoms with Crippen LogP contribution in [0.1, 0.15) is 82.1 Å². The highest BCUT2D eigenvalue weighted by Gasteiger charge is 2.61. The number of imidazole rings is 1. The molecule has 52 heavy (non-hydrogen) atoms. The van der Waals surface area contributed by atoms with Crippen molar-refractivity contribution in [1.82, 2.24) is 28.8 Å². The van der Waals surface area contributed by atoms with Crippen LogP contribution in [-0.4, -0.2) is 118 Å². The van der Waals surface area contributed by atoms with E-state index in [0.717, 1.165) is 30.0 Å². The lowest BCUT2D eigenvalue weighted by atomic mass is 10.0. The van der Waals surface area contributed by atoms with Crippen molar-refractivity contribution in [3.05, 3.63) is 35.9 Å². The molecule has 3 amide bonds. The highest BCUT2D eigenvalue weighted by molar-refractivity contribution is 7.87. The molecule has 5 atom stereocenters. The van der Waals surface area contributed by atoms with Crippen molar-refractivity contribution in [1.29, 1.82) is 0 Å². The fourth-order valence-corrected chi connectivity index (χ4v) is 7.16. The summed E-state index contributed by atoms with van der Waals surface area (Å²) in [6, 6.07) is 3.91. The van der Waals surface area contributed by atoms with Gasteiger partial charge in [0, 0.05) is 38.4 Å². The maximum absolute atomic E-state index is 14.1. The van der Waals surface area contributed by atoms with Crippen LogP contribution in [0.15, 0.2) is 30.4 Å². The summed E-state index contributed by atoms with van der Waals surface area (Å²) in [4.78, 5) is 62.8. The van der Waals surface area contributed by atoms with Crippen molar-refractivity contribution < 1.29 is 52.7 Å². The molecule has 18 heteroatoms. The van der Waals surface area contributed by atoms with E-state index in [9.17, 15) is 32.7 Å². The molecule has 1 aliphatic carbocycles. The molecular formula is C34H50N6O11S. The molecule has 288 valence electrons. The van der Waals surface area contributed by atoms with E-state index in [1.165, 1.54) is 25.1 Å². The lowest BCUT2D eigenvalue weighted by Crippen LogP contribution is -2.57. The van der Waals surface area contributed by atoms with Gasteiger partial charge in [0.05, 0.1) is 24.2 Å². The molecule has 0 bridgehead atoms. The van der Waals surface area contributed by atoms with Crippen molar-refractivity contribution in [3.8, 4) is 6.01 Å². The summed E-state index contributed by atoms with van der Waals surface area (Å²) in [5.74, 6) is -3.53. The van der Waals surface area contributed by atoms with Gasteiger partial charge in [-0.15, -0.1) is 0 Å². The number of nitrogens with one attached hydrogen (secondary N) is 2. The van der Waals surface area contributed by atoms with Crippen molar-refractivity contribution in [2.75, 3.05) is 33.9 Å². The third-order valence-electron chi connectivity index (χ3n) is 9.50. The number of benzene rings is 1. The van der Waals surface area contributed by atoms with Gasteiger partial charge in [0.1, 0.15) is 29.8 Å². The lowest BCUT2D eigenvalue weighted by Gasteiger charge is -2.28. The Kier molecular flexibility index (Phi) is 13.4. The summed E-state index contributed by atoms with van der Waals surface area (Å²) in [6.07, 6.45) is 7.52. The predicted octanol–water partition coefficient (Wildman–Crippen LogP) is 2.09. The van der Waals surface area contributed by atoms with Crippen LogP contribution in [0.2, 0.25) is 0 Å². The maximum Gasteiger partial charge on any atom is 0.337 e. The number of hydrogen-bond acceptors (Lipinski definition) is 11. The van der Waals surface area contributed by atoms with Crippen LogP contribution in [0.3, 0.4) is 0 Å². The number of allylic oxidation sites excluding steroid dienone is 1. The van der Waals surface area contributed by atoms with Crippen molar-refractivity contribution in [2.24, 2.45) is 11.8 Å². The molecule has 1 saturated carbocycles. The van der Waals surface area contributed by atoms with E-state index in [1.54, 1.807) is 16.7 Å². The van der Waals surface area contributed by atoms with Crippen LogP contribution in [0.25, 0.3) is 11.0 Å². The Morgan fingerprint density at radius 1 is 1.19 bits per heavy atom. The Hall–Kier alpha value is -4.10. The van der Waals surface area contributed by atoms with Crippen LogP contribution < -0.4 is 14.8 Å². The minimum Gasteiger partial charge on any atom is -0.478 e. The standard InChI is InChI=1S/C32H44N6O8S.C2H6O3/c1-19(2)38-24-15-11-14-23(29(41)42)26(24)33-31(38)46-22-16-25-27(39)34-32(30(43)35-47(44,45)36(4)5)17-21(32)13-10-8-6-7-9-12-20(3)28(40)37(25)18-22;3-1-2-5-4/h10-11,13-15,19-22,25H,6-9,12,16-18H2,1-5H3,(H,34,39)(H,35,43)(H,41,42);3-4H,1-2H2/b13-10-;/t20-,21+,22+,25-,32+;/m0./s1. The van der Waals surface area contributed by atoms with E-state index < -0.39 is 51.6 Å². The predicted molar refractivity (Wildman–Crippen MR) is 188 cm³/mol. The molecule has 3 heterocycles. The van der Waals surface area contributed by atoms with Crippen LogP contribution in [0, 0.1) is 11.8 Å². The van der Waals surface area contributed by atoms with E-state index in [0.29, 0.717) is 11.9 Å². The Morgan fingerprint density at radius 2 is 1.92 bits per heavy atom. The van der Waals surface area contributed by atoms with Crippen molar-refractivity contribution in [3.63, 3.8) is 0 Å². The molecule has 5 rings (SSSR count). The van der Waals surface area contributed by atoms with E-state index in [1.807, 2.05) is 32.9 Å². The summed E-state index contributed by atoms with van der Waals surface area (Å²) < 4.78 is 36.2. The smallest absolute Gasteiger partial charge is 0.337 e. The van der Waals surface area contributed by atoms with Gasteiger partial charge in [0.15, 0.2) is 0 Å². The third kappa shape index (κ3) is 9.09. The van der Waals surface area contributed by atoms with Crippen LogP contribution in [0.4, 0.5) is 0 Å². The Labute approximate surface area is 303 Å². The minimum atomic E-state index is -4.12. The van der Waals surface area contributed by atoms with E-state index in [2.05, 4.69) is 19.9 Å². The number of carbonyl (C=O) groups excluding carboxylic acids is 3. The number of amides is 3. The van der Waals surface area contributed by atoms with E-state index in [-0.39, 0.29) is 67.6 Å². The Bertz CT molecular complexity index is 1760. The molecule has 1 aromatic carbocycles. The number of aliphatic hydroxyl groups is 1. The van der Waals surface area contributed by atoms with Gasteiger partial charge in [-0.2, -0.15) is 17.7 Å². The number of carboxylic acid groups (broad SMARTS) is 1. The molecule has 0 spiro atoms. The van der Waals surface area contributed by atoms with Gasteiger partial charge in [0.25, 0.3) is 11.9 Å². The molecule has 2 fully saturated rings. The average Bonchev–Trinajstić information content (AvgIpc) is 3.40. The second-order valence-corrected chi connectivity index (χ2v) is 15.7. The van der Waals surface area contributed by atoms with Crippen molar-refractivity contribution >= 4 is 44.9 Å². The van der Waals surface area contributed by atoms with Gasteiger partial charge < -0.3 is 25.2 Å². The third-order valence-corrected chi connectivity index (χ3v) is 10.9. The SMILES string of the molecule is CC(C)n1c(O[C@@H]2C[C@H]3C(=O)N[C@]4(C(=O)NS(=O)(=O)N(C)C)C[C@H]4/C=C\CCCCC[C@H](C)C(=O)N3C2)nc2c(C(=O)O)cccc21.OCCOO. The number of carboxylic acids is 1. The first-order chi connectivity index (χ1) is 24.6. The zero-order valence-corrected chi connectivity index (χ0v) is 31.0. The monoisotopic (exact) mass is 750 g/mol. The number of fused-ring (bicyclic) bond motifs is 3. The number of aliphatic hydroxyl groups excluding tert-OH is 1. The molecule has 0 radical (unpaired) electrons. The van der Waals surface area contributed by atoms with Gasteiger partial charge in [-0.3, -0.25) is 24.2 Å². The largest absolute Gasteiger partial charge is 0.478 e. The first kappa shape index (κ1) is 40.7. The number of para-hydroxylation sites is 1. The molecule has 3 aliphatic rings. The van der Waals surface area contributed by atoms with Gasteiger partial charge in [-0.05, 0) is 51.7 Å². The number of hydrogen-bond donors (Lipinski definition) is 5. The molecular weight excluding hydrogens is 700 g/mol. The number of ether oxygens (including phenoxy) is 1. The first-order valence-electron chi connectivity index (χ1n) is 17.4. The summed E-state index contributed by atoms with van der Waals surface area (Å²) in [5.41, 5.74) is -0.609. The number of nitrogens with zero attached hydrogens (tertiary/aromatic N) is 4. The Morgan fingerprint density at radius 3 is 2.54 bits per heavy atom. The number of carbonyl (C=O) groups is 4. The lowest BCUT2D eigenvalue weighted by molar-refractivity contribution is -0.246. The van der Waals surface area contributed by atoms with E-state index >= 15 is 0 Å². The summed E-state index contributed by atoms with van der Waals surface area (Å²) in [5, 5.41) is 27.8. The maximum atomic E-state index is 14.1. The van der Waals surface area contributed by atoms with Gasteiger partial charge in [-0.1, -0.05) is 38.0 Å². The van der Waals surface area contributed by atoms with Crippen LogP contribution >= 0.6 is 0 Å². The first-order valence-corrected chi connectivity index (χ1v) is 18.8. The highest BCUT2D eigenvalue weighted by Crippen LogP contribution is 2.46. The summed E-state index contributed by atoms with van der Waals surface area (Å²) in [7, 11) is -1.53. The molecule has 17 nitrogen and oxygen atoms in total. The molecule has 0 unspecified atom stereocenters. The Balaban J connectivity index is 0.00000113. The van der Waals surface area contributed by atoms with Gasteiger partial charge >= 0.3 is 16.2 Å². The quantitative estimate of drug-likeness (QED) is 0.141. The second-order valence-electron chi connectivity index (χ2n) is 13.8. The highest BCUT2D eigenvalue weighted by atomic mass is 32.2. The van der Waals surface area contributed by atoms with Crippen LogP contribution in [0.5, 0.6) is 6.01 Å². The fraction of sp³-hybridized carbons (Fsp3) is 0.618. The number of aromatic carboxylic acids is 1. The van der Waals surface area contributed by atoms with E-state index in [4.69, 9.17) is 15.1 Å².